The molecule has 0 aliphatic rings. The largest absolute Gasteiger partial charge is 1.00 e. The monoisotopic (exact) mass is 408 g/mol. The smallest absolute Gasteiger partial charge is 0.220 e. The predicted molar refractivity (Wildman–Crippen MR) is 90.9 cm³/mol. The number of aliphatic hydroxyl groups excluding tert-OH is 2. The molecule has 0 unspecified atom stereocenters. The summed E-state index contributed by atoms with van der Waals surface area (Å²) in [6.45, 7) is 0.561. The summed E-state index contributed by atoms with van der Waals surface area (Å²) in [6, 6.07) is 14.3. The van der Waals surface area contributed by atoms with Crippen LogP contribution >= 0.6 is 0 Å². The van der Waals surface area contributed by atoms with Crippen LogP contribution in [0.5, 0.6) is 0 Å². The first kappa shape index (κ1) is 21.3. The number of rotatable bonds is 9. The Hall–Kier alpha value is -1.76. The molecular weight excluding hydrogens is 384 g/mol. The number of carbonyl (C=O) groups excluding carboxylic acids is 1. The molecule has 25 heavy (non-hydrogen) atoms. The first-order chi connectivity index (χ1) is 11.7. The van der Waals surface area contributed by atoms with Gasteiger partial charge < -0.3 is 32.5 Å². The highest BCUT2D eigenvalue weighted by Gasteiger charge is 2.21. The number of nitrogens with one attached hydrogen (secondary N) is 1. The van der Waals surface area contributed by atoms with Gasteiger partial charge in [-0.05, 0) is 12.0 Å². The molecule has 0 radical (unpaired) electrons. The van der Waals surface area contributed by atoms with Crippen LogP contribution in [0.3, 0.4) is 0 Å². The molecule has 0 aliphatic heterocycles. The summed E-state index contributed by atoms with van der Waals surface area (Å²) in [7, 11) is 0. The molecule has 1 aromatic heterocycles. The molecule has 0 bridgehead atoms. The molecule has 1 aromatic carbocycles. The number of aryl methyl sites for hydroxylation is 1. The van der Waals surface area contributed by atoms with Crippen LogP contribution in [0, 0.1) is 0 Å². The molecule has 2 atom stereocenters. The van der Waals surface area contributed by atoms with E-state index in [1.54, 1.807) is 12.1 Å². The lowest BCUT2D eigenvalue weighted by Crippen LogP contribution is -3.00. The maximum absolute atomic E-state index is 12.0. The Labute approximate surface area is 159 Å². The van der Waals surface area contributed by atoms with Crippen LogP contribution in [-0.4, -0.2) is 28.8 Å². The average molecular weight is 409 g/mol. The van der Waals surface area contributed by atoms with Gasteiger partial charge in [0.15, 0.2) is 12.4 Å². The van der Waals surface area contributed by atoms with Crippen LogP contribution in [0.4, 0.5) is 0 Å². The molecule has 0 saturated carbocycles. The molecule has 2 rings (SSSR count). The van der Waals surface area contributed by atoms with Gasteiger partial charge >= 0.3 is 0 Å². The van der Waals surface area contributed by atoms with Gasteiger partial charge in [-0.1, -0.05) is 36.4 Å². The van der Waals surface area contributed by atoms with Crippen LogP contribution in [0.1, 0.15) is 30.9 Å². The second-order valence-corrected chi connectivity index (χ2v) is 5.78. The molecule has 1 amide bonds. The van der Waals surface area contributed by atoms with Crippen molar-refractivity contribution in [2.24, 2.45) is 0 Å². The number of aromatic nitrogens is 1. The lowest BCUT2D eigenvalue weighted by Gasteiger charge is -2.22. The van der Waals surface area contributed by atoms with E-state index in [2.05, 4.69) is 9.88 Å². The van der Waals surface area contributed by atoms with E-state index in [1.807, 2.05) is 48.8 Å². The minimum absolute atomic E-state index is 0. The van der Waals surface area contributed by atoms with Crippen molar-refractivity contribution in [1.82, 2.24) is 5.32 Å². The number of unbranched alkanes of at least 4 members (excludes halogenated alkanes) is 1. The summed E-state index contributed by atoms with van der Waals surface area (Å²) in [5.74, 6) is -0.151. The Kier molecular flexibility index (Phi) is 9.99. The Morgan fingerprint density at radius 1 is 1.04 bits per heavy atom. The van der Waals surface area contributed by atoms with Gasteiger partial charge in [0.05, 0.1) is 12.6 Å². The highest BCUT2D eigenvalue weighted by Crippen LogP contribution is 2.16. The number of nitrogens with zero attached hydrogens (tertiary/aromatic N) is 1. The van der Waals surface area contributed by atoms with Gasteiger partial charge in [-0.2, -0.15) is 0 Å². The van der Waals surface area contributed by atoms with Crippen LogP contribution in [-0.2, 0) is 11.3 Å². The normalized spacial score (nSPS) is 12.7. The summed E-state index contributed by atoms with van der Waals surface area (Å²) in [5, 5.41) is 22.4. The maximum Gasteiger partial charge on any atom is 0.220 e. The minimum Gasteiger partial charge on any atom is -1.00 e. The molecule has 5 nitrogen and oxygen atoms in total. The molecular formula is C19H25BrN2O3. The third kappa shape index (κ3) is 7.34. The molecule has 0 saturated heterocycles. The summed E-state index contributed by atoms with van der Waals surface area (Å²) in [5.41, 5.74) is 0.678. The first-order valence-electron chi connectivity index (χ1n) is 8.28. The number of hydrogen-bond donors (Lipinski definition) is 3. The van der Waals surface area contributed by atoms with E-state index in [-0.39, 0.29) is 29.5 Å². The lowest BCUT2D eigenvalue weighted by molar-refractivity contribution is -0.697. The van der Waals surface area contributed by atoms with Crippen molar-refractivity contribution in [3.05, 3.63) is 66.5 Å². The third-order valence-electron chi connectivity index (χ3n) is 3.91. The fourth-order valence-corrected chi connectivity index (χ4v) is 2.55. The lowest BCUT2D eigenvalue weighted by atomic mass is 10.0. The molecule has 136 valence electrons. The van der Waals surface area contributed by atoms with Crippen LogP contribution in [0.2, 0.25) is 0 Å². The number of hydrogen-bond acceptors (Lipinski definition) is 3. The zero-order valence-electron chi connectivity index (χ0n) is 14.1. The van der Waals surface area contributed by atoms with E-state index in [0.29, 0.717) is 12.0 Å². The zero-order valence-corrected chi connectivity index (χ0v) is 15.7. The Morgan fingerprint density at radius 3 is 2.32 bits per heavy atom. The number of carbonyl (C=O) groups is 1. The van der Waals surface area contributed by atoms with Crippen LogP contribution in [0.15, 0.2) is 60.9 Å². The highest BCUT2D eigenvalue weighted by molar-refractivity contribution is 5.76. The number of pyridine rings is 1. The third-order valence-corrected chi connectivity index (χ3v) is 3.91. The Bertz CT molecular complexity index is 611. The van der Waals surface area contributed by atoms with Gasteiger partial charge in [0.25, 0.3) is 0 Å². The average Bonchev–Trinajstić information content (AvgIpc) is 2.64. The molecule has 0 fully saturated rings. The standard InChI is InChI=1S/C19H24N2O3.BrH/c22-15-17(19(24)16-9-3-1-4-10-16)20-18(23)11-5-8-14-21-12-6-2-7-13-21;/h1-4,6-7,9-10,12-13,17,19,22,24H,5,8,11,14-15H2;1H/t17-,19+;/m1./s1. The van der Waals surface area contributed by atoms with Gasteiger partial charge in [0, 0.05) is 25.0 Å². The summed E-state index contributed by atoms with van der Waals surface area (Å²) in [6.07, 6.45) is 5.11. The second-order valence-electron chi connectivity index (χ2n) is 5.78. The van der Waals surface area contributed by atoms with E-state index in [4.69, 9.17) is 0 Å². The number of benzene rings is 1. The van der Waals surface area contributed by atoms with Crippen molar-refractivity contribution in [3.8, 4) is 0 Å². The van der Waals surface area contributed by atoms with Gasteiger partial charge in [-0.25, -0.2) is 4.57 Å². The first-order valence-corrected chi connectivity index (χ1v) is 8.28. The molecule has 1 heterocycles. The van der Waals surface area contributed by atoms with Crippen molar-refractivity contribution in [2.45, 2.75) is 38.0 Å². The minimum atomic E-state index is -0.917. The van der Waals surface area contributed by atoms with Crippen molar-refractivity contribution < 1.29 is 36.6 Å². The summed E-state index contributed by atoms with van der Waals surface area (Å²) < 4.78 is 2.08. The van der Waals surface area contributed by atoms with E-state index in [1.165, 1.54) is 0 Å². The molecule has 6 heteroatoms. The number of aliphatic hydroxyl groups is 2. The van der Waals surface area contributed by atoms with E-state index >= 15 is 0 Å². The van der Waals surface area contributed by atoms with Crippen molar-refractivity contribution in [1.29, 1.82) is 0 Å². The SMILES string of the molecule is O=C(CCCC[n+]1ccccc1)N[C@H](CO)[C@@H](O)c1ccccc1.[Br-]. The molecule has 2 aromatic rings. The number of halogens is 1. The van der Waals surface area contributed by atoms with E-state index in [0.717, 1.165) is 19.4 Å². The second kappa shape index (κ2) is 11.7. The quantitative estimate of drug-likeness (QED) is 0.344. The summed E-state index contributed by atoms with van der Waals surface area (Å²) in [4.78, 5) is 12.0. The van der Waals surface area contributed by atoms with Crippen LogP contribution < -0.4 is 26.9 Å². The Morgan fingerprint density at radius 2 is 1.68 bits per heavy atom. The molecule has 3 N–H and O–H groups in total. The zero-order chi connectivity index (χ0) is 17.2. The number of amides is 1. The van der Waals surface area contributed by atoms with E-state index in [9.17, 15) is 15.0 Å². The fraction of sp³-hybridized carbons (Fsp3) is 0.368. The fourth-order valence-electron chi connectivity index (χ4n) is 2.55. The molecule has 0 spiro atoms. The van der Waals surface area contributed by atoms with Gasteiger partial charge in [0.2, 0.25) is 5.91 Å². The van der Waals surface area contributed by atoms with Gasteiger partial charge in [-0.15, -0.1) is 0 Å². The summed E-state index contributed by atoms with van der Waals surface area (Å²) >= 11 is 0. The van der Waals surface area contributed by atoms with Crippen molar-refractivity contribution in [3.63, 3.8) is 0 Å². The van der Waals surface area contributed by atoms with E-state index < -0.39 is 12.1 Å². The van der Waals surface area contributed by atoms with Crippen LogP contribution in [0.25, 0.3) is 0 Å². The Balaban J connectivity index is 0.00000312. The maximum atomic E-state index is 12.0. The molecule has 0 aliphatic carbocycles. The highest BCUT2D eigenvalue weighted by atomic mass is 79.9. The van der Waals surface area contributed by atoms with Crippen molar-refractivity contribution >= 4 is 5.91 Å². The predicted octanol–water partition coefficient (Wildman–Crippen LogP) is -1.64. The van der Waals surface area contributed by atoms with Crippen molar-refractivity contribution in [2.75, 3.05) is 6.61 Å². The topological polar surface area (TPSA) is 73.4 Å². The van der Waals surface area contributed by atoms with Gasteiger partial charge in [-0.3, -0.25) is 4.79 Å². The van der Waals surface area contributed by atoms with Gasteiger partial charge in [0.1, 0.15) is 12.6 Å².